The zero-order valence-electron chi connectivity index (χ0n) is 13.6. The van der Waals surface area contributed by atoms with E-state index in [4.69, 9.17) is 11.6 Å². The lowest BCUT2D eigenvalue weighted by molar-refractivity contribution is -0.274. The number of rotatable bonds is 4. The normalized spacial score (nSPS) is 14.3. The van der Waals surface area contributed by atoms with Gasteiger partial charge in [-0.2, -0.15) is 0 Å². The van der Waals surface area contributed by atoms with Crippen molar-refractivity contribution in [3.63, 3.8) is 0 Å². The first-order valence-electron chi connectivity index (χ1n) is 7.70. The number of hydrogen-bond donors (Lipinski definition) is 1. The lowest BCUT2D eigenvalue weighted by Gasteiger charge is -2.11. The molecule has 3 rings (SSSR count). The van der Waals surface area contributed by atoms with Crippen LogP contribution in [0.5, 0.6) is 5.75 Å². The maximum atomic E-state index is 13.3. The number of ether oxygens (including phenoxy) is 1. The first-order valence-corrected chi connectivity index (χ1v) is 8.08. The number of allylic oxidation sites excluding steroid dienone is 6. The molecule has 140 valence electrons. The molecule has 1 heterocycles. The first-order chi connectivity index (χ1) is 12.8. The van der Waals surface area contributed by atoms with E-state index in [1.807, 2.05) is 0 Å². The Hall–Kier alpha value is -2.87. The van der Waals surface area contributed by atoms with E-state index in [9.17, 15) is 17.6 Å². The van der Waals surface area contributed by atoms with Crippen LogP contribution in [0.1, 0.15) is 12.2 Å². The van der Waals surface area contributed by atoms with Gasteiger partial charge < -0.3 is 10.1 Å². The van der Waals surface area contributed by atoms with E-state index in [0.29, 0.717) is 29.3 Å². The van der Waals surface area contributed by atoms with Gasteiger partial charge in [-0.25, -0.2) is 14.4 Å². The Morgan fingerprint density at radius 1 is 1.04 bits per heavy atom. The SMILES string of the molecule is FC1=CCC=C(c2nc(Cl)cc(Nc3ccc(OC(F)(F)F)cc3)n2)C=C1. The maximum absolute atomic E-state index is 13.3. The van der Waals surface area contributed by atoms with Crippen molar-refractivity contribution >= 4 is 28.7 Å². The van der Waals surface area contributed by atoms with E-state index in [1.165, 1.54) is 48.6 Å². The standard InChI is InChI=1S/C18H12ClF4N3O/c19-15-10-16(24-13-6-8-14(9-7-13)27-18(21,22)23)26-17(25-15)11-2-1-3-12(20)5-4-11/h2-10H,1H2,(H,24,25,26). The van der Waals surface area contributed by atoms with Crippen LogP contribution in [-0.2, 0) is 0 Å². The largest absolute Gasteiger partial charge is 0.573 e. The van der Waals surface area contributed by atoms with Crippen molar-refractivity contribution in [2.24, 2.45) is 0 Å². The molecule has 0 fully saturated rings. The van der Waals surface area contributed by atoms with Crippen LogP contribution >= 0.6 is 11.6 Å². The molecular formula is C18H12ClF4N3O. The lowest BCUT2D eigenvalue weighted by atomic mass is 10.2. The summed E-state index contributed by atoms with van der Waals surface area (Å²) >= 11 is 6.03. The molecule has 0 radical (unpaired) electrons. The summed E-state index contributed by atoms with van der Waals surface area (Å²) in [5.41, 5.74) is 1.07. The summed E-state index contributed by atoms with van der Waals surface area (Å²) in [7, 11) is 0. The summed E-state index contributed by atoms with van der Waals surface area (Å²) in [5.74, 6) is -0.0663. The number of aromatic nitrogens is 2. The third kappa shape index (κ3) is 5.55. The Morgan fingerprint density at radius 2 is 1.78 bits per heavy atom. The second kappa shape index (κ2) is 7.79. The van der Waals surface area contributed by atoms with Crippen molar-refractivity contribution in [3.05, 3.63) is 71.4 Å². The van der Waals surface area contributed by atoms with Crippen LogP contribution in [0.4, 0.5) is 29.1 Å². The van der Waals surface area contributed by atoms with Crippen LogP contribution in [0.3, 0.4) is 0 Å². The van der Waals surface area contributed by atoms with Crippen LogP contribution in [0.25, 0.3) is 5.57 Å². The van der Waals surface area contributed by atoms with Crippen molar-refractivity contribution in [1.29, 1.82) is 0 Å². The van der Waals surface area contributed by atoms with Gasteiger partial charge in [0.1, 0.15) is 22.5 Å². The molecule has 1 aromatic heterocycles. The minimum atomic E-state index is -4.75. The monoisotopic (exact) mass is 397 g/mol. The zero-order chi connectivity index (χ0) is 19.4. The predicted molar refractivity (Wildman–Crippen MR) is 94.4 cm³/mol. The average Bonchev–Trinajstić information content (AvgIpc) is 2.79. The molecule has 0 spiro atoms. The fourth-order valence-corrected chi connectivity index (χ4v) is 2.45. The molecule has 0 unspecified atom stereocenters. The van der Waals surface area contributed by atoms with E-state index >= 15 is 0 Å². The highest BCUT2D eigenvalue weighted by Gasteiger charge is 2.30. The minimum Gasteiger partial charge on any atom is -0.406 e. The summed E-state index contributed by atoms with van der Waals surface area (Å²) in [5, 5.41) is 3.09. The molecule has 1 N–H and O–H groups in total. The van der Waals surface area contributed by atoms with Gasteiger partial charge in [0, 0.05) is 17.3 Å². The third-order valence-corrected chi connectivity index (χ3v) is 3.58. The Kier molecular flexibility index (Phi) is 5.46. The quantitative estimate of drug-likeness (QED) is 0.510. The van der Waals surface area contributed by atoms with Gasteiger partial charge in [-0.15, -0.1) is 13.2 Å². The van der Waals surface area contributed by atoms with Gasteiger partial charge in [0.25, 0.3) is 0 Å². The average molecular weight is 398 g/mol. The molecule has 0 bridgehead atoms. The fraction of sp³-hybridized carbons (Fsp3) is 0.111. The number of hydrogen-bond acceptors (Lipinski definition) is 4. The molecule has 27 heavy (non-hydrogen) atoms. The number of anilines is 2. The Morgan fingerprint density at radius 3 is 2.48 bits per heavy atom. The van der Waals surface area contributed by atoms with Gasteiger partial charge in [0.05, 0.1) is 0 Å². The van der Waals surface area contributed by atoms with Crippen LogP contribution in [0, 0.1) is 0 Å². The summed E-state index contributed by atoms with van der Waals surface area (Å²) in [6, 6.07) is 6.61. The summed E-state index contributed by atoms with van der Waals surface area (Å²) in [6.45, 7) is 0. The zero-order valence-corrected chi connectivity index (χ0v) is 14.4. The lowest BCUT2D eigenvalue weighted by Crippen LogP contribution is -2.16. The third-order valence-electron chi connectivity index (χ3n) is 3.39. The Bertz CT molecular complexity index is 921. The maximum Gasteiger partial charge on any atom is 0.573 e. The molecular weight excluding hydrogens is 386 g/mol. The molecule has 2 aromatic rings. The molecule has 0 amide bonds. The molecule has 4 nitrogen and oxygen atoms in total. The topological polar surface area (TPSA) is 47.0 Å². The highest BCUT2D eigenvalue weighted by Crippen LogP contribution is 2.26. The molecule has 0 saturated heterocycles. The van der Waals surface area contributed by atoms with Gasteiger partial charge in [-0.3, -0.25) is 0 Å². The minimum absolute atomic E-state index is 0.159. The molecule has 1 aliphatic rings. The molecule has 0 atom stereocenters. The van der Waals surface area contributed by atoms with Crippen molar-refractivity contribution in [1.82, 2.24) is 9.97 Å². The molecule has 0 aliphatic heterocycles. The molecule has 9 heteroatoms. The molecule has 1 aromatic carbocycles. The van der Waals surface area contributed by atoms with Crippen LogP contribution < -0.4 is 10.1 Å². The Balaban J connectivity index is 1.79. The molecule has 1 aliphatic carbocycles. The van der Waals surface area contributed by atoms with E-state index in [-0.39, 0.29) is 16.7 Å². The summed E-state index contributed by atoms with van der Waals surface area (Å²) in [6.07, 6.45) is 1.64. The van der Waals surface area contributed by atoms with Crippen LogP contribution in [0.2, 0.25) is 5.15 Å². The first kappa shape index (κ1) is 18.9. The van der Waals surface area contributed by atoms with Gasteiger partial charge >= 0.3 is 6.36 Å². The van der Waals surface area contributed by atoms with Crippen LogP contribution in [0.15, 0.2) is 60.5 Å². The van der Waals surface area contributed by atoms with Crippen molar-refractivity contribution < 1.29 is 22.3 Å². The van der Waals surface area contributed by atoms with Gasteiger partial charge in [0.2, 0.25) is 0 Å². The van der Waals surface area contributed by atoms with Gasteiger partial charge in [0.15, 0.2) is 5.82 Å². The second-order valence-electron chi connectivity index (χ2n) is 5.41. The van der Waals surface area contributed by atoms with Gasteiger partial charge in [-0.1, -0.05) is 17.7 Å². The number of benzene rings is 1. The van der Waals surface area contributed by atoms with E-state index in [0.717, 1.165) is 0 Å². The predicted octanol–water partition coefficient (Wildman–Crippen LogP) is 5.97. The van der Waals surface area contributed by atoms with Crippen molar-refractivity contribution in [2.45, 2.75) is 12.8 Å². The molecule has 0 saturated carbocycles. The highest BCUT2D eigenvalue weighted by molar-refractivity contribution is 6.29. The number of nitrogens with one attached hydrogen (secondary N) is 1. The summed E-state index contributed by atoms with van der Waals surface area (Å²) < 4.78 is 53.7. The fourth-order valence-electron chi connectivity index (χ4n) is 2.27. The number of alkyl halides is 3. The summed E-state index contributed by atoms with van der Waals surface area (Å²) in [4.78, 5) is 8.44. The number of nitrogens with zero attached hydrogens (tertiary/aromatic N) is 2. The number of halogens is 5. The second-order valence-corrected chi connectivity index (χ2v) is 5.80. The van der Waals surface area contributed by atoms with Crippen LogP contribution in [-0.4, -0.2) is 16.3 Å². The smallest absolute Gasteiger partial charge is 0.406 e. The van der Waals surface area contributed by atoms with E-state index in [2.05, 4.69) is 20.0 Å². The van der Waals surface area contributed by atoms with Crippen molar-refractivity contribution in [3.8, 4) is 5.75 Å². The van der Waals surface area contributed by atoms with Gasteiger partial charge in [-0.05, 0) is 48.9 Å². The van der Waals surface area contributed by atoms with E-state index < -0.39 is 6.36 Å². The Labute approximate surface area is 156 Å². The highest BCUT2D eigenvalue weighted by atomic mass is 35.5. The van der Waals surface area contributed by atoms with Crippen molar-refractivity contribution in [2.75, 3.05) is 5.32 Å². The van der Waals surface area contributed by atoms with E-state index in [1.54, 1.807) is 6.08 Å².